The number of nitrogens with two attached hydrogens (primary N) is 1. The molecule has 0 unspecified atom stereocenters. The fourth-order valence-corrected chi connectivity index (χ4v) is 5.92. The van der Waals surface area contributed by atoms with E-state index in [1.54, 1.807) is 4.90 Å². The average molecular weight is 458 g/mol. The van der Waals surface area contributed by atoms with Crippen molar-refractivity contribution in [1.29, 1.82) is 0 Å². The Kier molecular flexibility index (Phi) is 6.12. The van der Waals surface area contributed by atoms with Gasteiger partial charge in [0.15, 0.2) is 5.82 Å². The van der Waals surface area contributed by atoms with Crippen molar-refractivity contribution in [3.63, 3.8) is 0 Å². The van der Waals surface area contributed by atoms with Crippen LogP contribution in [0.25, 0.3) is 10.9 Å². The molecule has 1 aliphatic carbocycles. The Hall–Kier alpha value is -2.12. The molecule has 3 heterocycles. The number of nitrogens with zero attached hydrogens (tertiary/aromatic N) is 4. The molecule has 0 spiro atoms. The van der Waals surface area contributed by atoms with Crippen LogP contribution in [0.3, 0.4) is 0 Å². The number of likely N-dealkylation sites (tertiary alicyclic amines) is 1. The molecule has 2 amide bonds. The highest BCUT2D eigenvalue weighted by Crippen LogP contribution is 2.33. The van der Waals surface area contributed by atoms with Gasteiger partial charge in [0, 0.05) is 29.9 Å². The lowest BCUT2D eigenvalue weighted by molar-refractivity contribution is -0.135. The first-order valence-corrected chi connectivity index (χ1v) is 12.4. The SMILES string of the molecule is N[C@H](C(=O)N1CCC[C@H]1Cn1nc(N2CCCC2=O)c2cc(Cl)ccc21)C1CCCCC1. The van der Waals surface area contributed by atoms with E-state index < -0.39 is 6.04 Å². The zero-order valence-corrected chi connectivity index (χ0v) is 19.3. The van der Waals surface area contributed by atoms with Crippen LogP contribution in [-0.4, -0.2) is 51.7 Å². The van der Waals surface area contributed by atoms with Gasteiger partial charge in [0.1, 0.15) is 0 Å². The van der Waals surface area contributed by atoms with Gasteiger partial charge in [0.2, 0.25) is 11.8 Å². The van der Waals surface area contributed by atoms with Crippen molar-refractivity contribution in [2.45, 2.75) is 76.4 Å². The number of benzene rings is 1. The number of hydrogen-bond acceptors (Lipinski definition) is 4. The van der Waals surface area contributed by atoms with Gasteiger partial charge in [-0.2, -0.15) is 5.10 Å². The monoisotopic (exact) mass is 457 g/mol. The molecular weight excluding hydrogens is 426 g/mol. The Bertz CT molecular complexity index is 1020. The molecule has 3 aliphatic rings. The van der Waals surface area contributed by atoms with Gasteiger partial charge in [-0.15, -0.1) is 0 Å². The maximum atomic E-state index is 13.3. The van der Waals surface area contributed by atoms with E-state index >= 15 is 0 Å². The molecule has 7 nitrogen and oxygen atoms in total. The van der Waals surface area contributed by atoms with Crippen molar-refractivity contribution in [3.05, 3.63) is 23.2 Å². The van der Waals surface area contributed by atoms with E-state index in [1.165, 1.54) is 19.3 Å². The van der Waals surface area contributed by atoms with Gasteiger partial charge in [-0.1, -0.05) is 30.9 Å². The maximum absolute atomic E-state index is 13.3. The summed E-state index contributed by atoms with van der Waals surface area (Å²) in [7, 11) is 0. The molecule has 8 heteroatoms. The van der Waals surface area contributed by atoms with Gasteiger partial charge in [-0.25, -0.2) is 0 Å². The molecule has 5 rings (SSSR count). The predicted octanol–water partition coefficient (Wildman–Crippen LogP) is 3.72. The largest absolute Gasteiger partial charge is 0.336 e. The van der Waals surface area contributed by atoms with E-state index in [2.05, 4.69) is 0 Å². The number of carbonyl (C=O) groups is 2. The number of amides is 2. The third-order valence-electron chi connectivity index (χ3n) is 7.51. The molecule has 2 saturated heterocycles. The van der Waals surface area contributed by atoms with Gasteiger partial charge >= 0.3 is 0 Å². The number of rotatable bonds is 5. The minimum Gasteiger partial charge on any atom is -0.336 e. The van der Waals surface area contributed by atoms with E-state index in [0.717, 1.165) is 49.6 Å². The minimum atomic E-state index is -0.401. The summed E-state index contributed by atoms with van der Waals surface area (Å²) in [6.07, 6.45) is 9.04. The van der Waals surface area contributed by atoms with Crippen LogP contribution in [0.5, 0.6) is 0 Å². The van der Waals surface area contributed by atoms with Gasteiger partial charge in [-0.3, -0.25) is 19.2 Å². The summed E-state index contributed by atoms with van der Waals surface area (Å²) in [5, 5.41) is 6.37. The first-order chi connectivity index (χ1) is 15.5. The summed E-state index contributed by atoms with van der Waals surface area (Å²) in [5.41, 5.74) is 7.41. The summed E-state index contributed by atoms with van der Waals surface area (Å²) in [4.78, 5) is 29.5. The summed E-state index contributed by atoms with van der Waals surface area (Å²) in [5.74, 6) is 1.18. The lowest BCUT2D eigenvalue weighted by Gasteiger charge is -2.32. The van der Waals surface area contributed by atoms with E-state index in [4.69, 9.17) is 22.4 Å². The number of fused-ring (bicyclic) bond motifs is 1. The van der Waals surface area contributed by atoms with Crippen LogP contribution in [0.1, 0.15) is 57.8 Å². The lowest BCUT2D eigenvalue weighted by Crippen LogP contribution is -2.50. The number of hydrogen-bond donors (Lipinski definition) is 1. The summed E-state index contributed by atoms with van der Waals surface area (Å²) >= 11 is 6.28. The molecule has 0 radical (unpaired) electrons. The molecule has 1 aromatic heterocycles. The first kappa shape index (κ1) is 21.7. The van der Waals surface area contributed by atoms with Gasteiger partial charge in [0.05, 0.1) is 24.1 Å². The lowest BCUT2D eigenvalue weighted by atomic mass is 9.83. The van der Waals surface area contributed by atoms with E-state index in [-0.39, 0.29) is 17.9 Å². The maximum Gasteiger partial charge on any atom is 0.240 e. The molecule has 2 N–H and O–H groups in total. The predicted molar refractivity (Wildman–Crippen MR) is 126 cm³/mol. The van der Waals surface area contributed by atoms with Crippen molar-refractivity contribution < 1.29 is 9.59 Å². The Labute approximate surface area is 193 Å². The van der Waals surface area contributed by atoms with Crippen LogP contribution in [0.2, 0.25) is 5.02 Å². The van der Waals surface area contributed by atoms with E-state index in [0.29, 0.717) is 36.3 Å². The van der Waals surface area contributed by atoms with Crippen molar-refractivity contribution in [3.8, 4) is 0 Å². The molecule has 2 atom stereocenters. The van der Waals surface area contributed by atoms with Crippen molar-refractivity contribution in [2.24, 2.45) is 11.7 Å². The standard InChI is InChI=1S/C24H32ClN5O2/c25-17-10-11-20-19(14-17)23(29-13-5-9-21(29)31)27-30(20)15-18-8-4-12-28(18)24(32)22(26)16-6-2-1-3-7-16/h10-11,14,16,18,22H,1-9,12-13,15,26H2/t18-,22-/m0/s1. The van der Waals surface area contributed by atoms with Gasteiger partial charge in [0.25, 0.3) is 0 Å². The van der Waals surface area contributed by atoms with Crippen LogP contribution in [0.4, 0.5) is 5.82 Å². The Morgan fingerprint density at radius 3 is 2.69 bits per heavy atom. The zero-order valence-electron chi connectivity index (χ0n) is 18.5. The Morgan fingerprint density at radius 1 is 1.12 bits per heavy atom. The summed E-state index contributed by atoms with van der Waals surface area (Å²) in [6, 6.07) is 5.37. The molecule has 1 aromatic carbocycles. The number of aromatic nitrogens is 2. The van der Waals surface area contributed by atoms with E-state index in [9.17, 15) is 9.59 Å². The van der Waals surface area contributed by atoms with Crippen LogP contribution in [-0.2, 0) is 16.1 Å². The highest BCUT2D eigenvalue weighted by Gasteiger charge is 2.36. The first-order valence-electron chi connectivity index (χ1n) is 12.1. The van der Waals surface area contributed by atoms with Crippen molar-refractivity contribution in [1.82, 2.24) is 14.7 Å². The normalized spacial score (nSPS) is 23.4. The molecule has 1 saturated carbocycles. The second-order valence-corrected chi connectivity index (χ2v) is 10.0. The molecule has 2 aromatic rings. The molecular formula is C24H32ClN5O2. The third-order valence-corrected chi connectivity index (χ3v) is 7.74. The van der Waals surface area contributed by atoms with Crippen LogP contribution in [0.15, 0.2) is 18.2 Å². The minimum absolute atomic E-state index is 0.0676. The quantitative estimate of drug-likeness (QED) is 0.741. The Morgan fingerprint density at radius 2 is 1.94 bits per heavy atom. The van der Waals surface area contributed by atoms with Gasteiger partial charge in [-0.05, 0) is 56.2 Å². The fourth-order valence-electron chi connectivity index (χ4n) is 5.75. The second kappa shape index (κ2) is 9.02. The van der Waals surface area contributed by atoms with Crippen LogP contribution in [0, 0.1) is 5.92 Å². The van der Waals surface area contributed by atoms with Gasteiger partial charge < -0.3 is 10.6 Å². The molecule has 3 fully saturated rings. The summed E-state index contributed by atoms with van der Waals surface area (Å²) < 4.78 is 1.95. The highest BCUT2D eigenvalue weighted by molar-refractivity contribution is 6.31. The smallest absolute Gasteiger partial charge is 0.240 e. The van der Waals surface area contributed by atoms with Crippen LogP contribution >= 0.6 is 11.6 Å². The third kappa shape index (κ3) is 4.01. The zero-order chi connectivity index (χ0) is 22.2. The van der Waals surface area contributed by atoms with Crippen molar-refractivity contribution in [2.75, 3.05) is 18.0 Å². The second-order valence-electron chi connectivity index (χ2n) is 9.57. The number of anilines is 1. The number of halogens is 1. The fraction of sp³-hybridized carbons (Fsp3) is 0.625. The van der Waals surface area contributed by atoms with Crippen LogP contribution < -0.4 is 10.6 Å². The van der Waals surface area contributed by atoms with E-state index in [1.807, 2.05) is 27.8 Å². The number of carbonyl (C=O) groups excluding carboxylic acids is 2. The average Bonchev–Trinajstić information content (AvgIpc) is 3.52. The molecule has 32 heavy (non-hydrogen) atoms. The molecule has 0 bridgehead atoms. The molecule has 172 valence electrons. The Balaban J connectivity index is 1.40. The molecule has 2 aliphatic heterocycles. The topological polar surface area (TPSA) is 84.5 Å². The summed E-state index contributed by atoms with van der Waals surface area (Å²) in [6.45, 7) is 2.04. The van der Waals surface area contributed by atoms with Crippen molar-refractivity contribution >= 4 is 40.1 Å². The highest BCUT2D eigenvalue weighted by atomic mass is 35.5.